The molecule has 0 aliphatic rings. The maximum atomic E-state index is 12.1. The molecule has 0 saturated carbocycles. The number of nitrogens with zero attached hydrogens (tertiary/aromatic N) is 1. The highest BCUT2D eigenvalue weighted by atomic mass is 32.2. The summed E-state index contributed by atoms with van der Waals surface area (Å²) in [5.74, 6) is 0. The van der Waals surface area contributed by atoms with Crippen LogP contribution in [0.25, 0.3) is 0 Å². The zero-order valence-corrected chi connectivity index (χ0v) is 10.7. The standard InChI is InChI=1S/C11H18N2O2S/c1-9-6-10(2)8-11(7-9)16(14,15)13(3)5-4-12/h6-8H,4-5,12H2,1-3H3. The quantitative estimate of drug-likeness (QED) is 0.852. The lowest BCUT2D eigenvalue weighted by atomic mass is 10.2. The van der Waals surface area contributed by atoms with Crippen molar-refractivity contribution in [1.29, 1.82) is 0 Å². The van der Waals surface area contributed by atoms with Crippen LogP contribution in [0, 0.1) is 13.8 Å². The first-order valence-electron chi connectivity index (χ1n) is 5.12. The number of sulfonamides is 1. The fourth-order valence-corrected chi connectivity index (χ4v) is 2.94. The number of hydrogen-bond acceptors (Lipinski definition) is 3. The minimum Gasteiger partial charge on any atom is -0.329 e. The lowest BCUT2D eigenvalue weighted by Gasteiger charge is -2.16. The van der Waals surface area contributed by atoms with Crippen molar-refractivity contribution in [2.75, 3.05) is 20.1 Å². The van der Waals surface area contributed by atoms with E-state index < -0.39 is 10.0 Å². The fourth-order valence-electron chi connectivity index (χ4n) is 1.56. The highest BCUT2D eigenvalue weighted by Gasteiger charge is 2.20. The average molecular weight is 242 g/mol. The van der Waals surface area contributed by atoms with E-state index in [0.717, 1.165) is 11.1 Å². The number of nitrogens with two attached hydrogens (primary N) is 1. The lowest BCUT2D eigenvalue weighted by Crippen LogP contribution is -2.31. The molecule has 0 heterocycles. The minimum atomic E-state index is -3.39. The van der Waals surface area contributed by atoms with Gasteiger partial charge < -0.3 is 5.73 Å². The molecule has 1 aromatic rings. The van der Waals surface area contributed by atoms with E-state index in [9.17, 15) is 8.42 Å². The van der Waals surface area contributed by atoms with Crippen molar-refractivity contribution in [3.05, 3.63) is 29.3 Å². The fraction of sp³-hybridized carbons (Fsp3) is 0.455. The molecule has 90 valence electrons. The molecule has 0 amide bonds. The second-order valence-corrected chi connectivity index (χ2v) is 5.98. The Hall–Kier alpha value is -0.910. The highest BCUT2D eigenvalue weighted by Crippen LogP contribution is 2.17. The summed E-state index contributed by atoms with van der Waals surface area (Å²) in [4.78, 5) is 0.334. The monoisotopic (exact) mass is 242 g/mol. The topological polar surface area (TPSA) is 63.4 Å². The van der Waals surface area contributed by atoms with E-state index >= 15 is 0 Å². The van der Waals surface area contributed by atoms with Crippen LogP contribution in [0.15, 0.2) is 23.1 Å². The van der Waals surface area contributed by atoms with Gasteiger partial charge in [-0.3, -0.25) is 0 Å². The second kappa shape index (κ2) is 4.95. The molecule has 0 radical (unpaired) electrons. The first kappa shape index (κ1) is 13.2. The van der Waals surface area contributed by atoms with Gasteiger partial charge in [0, 0.05) is 20.1 Å². The highest BCUT2D eigenvalue weighted by molar-refractivity contribution is 7.89. The van der Waals surface area contributed by atoms with E-state index in [0.29, 0.717) is 18.0 Å². The predicted molar refractivity (Wildman–Crippen MR) is 64.8 cm³/mol. The normalized spacial score (nSPS) is 12.1. The number of likely N-dealkylation sites (N-methyl/N-ethyl adjacent to an activating group) is 1. The van der Waals surface area contributed by atoms with Gasteiger partial charge in [0.15, 0.2) is 0 Å². The van der Waals surface area contributed by atoms with Gasteiger partial charge in [-0.1, -0.05) is 6.07 Å². The van der Waals surface area contributed by atoms with E-state index in [4.69, 9.17) is 5.73 Å². The van der Waals surface area contributed by atoms with Gasteiger partial charge in [-0.25, -0.2) is 8.42 Å². The number of aryl methyl sites for hydroxylation is 2. The summed E-state index contributed by atoms with van der Waals surface area (Å²) < 4.78 is 25.5. The first-order valence-corrected chi connectivity index (χ1v) is 6.56. The molecule has 0 atom stereocenters. The number of hydrogen-bond donors (Lipinski definition) is 1. The van der Waals surface area contributed by atoms with Crippen LogP contribution in [-0.2, 0) is 10.0 Å². The summed E-state index contributed by atoms with van der Waals surface area (Å²) in [6.45, 7) is 4.42. The second-order valence-electron chi connectivity index (χ2n) is 3.94. The van der Waals surface area contributed by atoms with Crippen LogP contribution < -0.4 is 5.73 Å². The van der Waals surface area contributed by atoms with E-state index in [2.05, 4.69) is 0 Å². The van der Waals surface area contributed by atoms with Crippen molar-refractivity contribution in [2.24, 2.45) is 5.73 Å². The van der Waals surface area contributed by atoms with Crippen molar-refractivity contribution in [2.45, 2.75) is 18.7 Å². The van der Waals surface area contributed by atoms with E-state index in [1.54, 1.807) is 19.2 Å². The Morgan fingerprint density at radius 1 is 1.19 bits per heavy atom. The van der Waals surface area contributed by atoms with Crippen LogP contribution in [0.1, 0.15) is 11.1 Å². The van der Waals surface area contributed by atoms with Gasteiger partial charge in [0.2, 0.25) is 10.0 Å². The van der Waals surface area contributed by atoms with Gasteiger partial charge in [0.05, 0.1) is 4.90 Å². The molecule has 0 aliphatic carbocycles. The third-order valence-corrected chi connectivity index (χ3v) is 4.18. The Bertz CT molecular complexity index is 449. The van der Waals surface area contributed by atoms with Crippen LogP contribution >= 0.6 is 0 Å². The van der Waals surface area contributed by atoms with E-state index in [1.807, 2.05) is 19.9 Å². The van der Waals surface area contributed by atoms with Crippen LogP contribution in [-0.4, -0.2) is 32.9 Å². The summed E-state index contributed by atoms with van der Waals surface area (Å²) in [7, 11) is -1.85. The largest absolute Gasteiger partial charge is 0.329 e. The number of rotatable bonds is 4. The van der Waals surface area contributed by atoms with Crippen LogP contribution in [0.5, 0.6) is 0 Å². The lowest BCUT2D eigenvalue weighted by molar-refractivity contribution is 0.476. The Morgan fingerprint density at radius 3 is 2.12 bits per heavy atom. The molecule has 4 nitrogen and oxygen atoms in total. The van der Waals surface area contributed by atoms with Crippen molar-refractivity contribution >= 4 is 10.0 Å². The van der Waals surface area contributed by atoms with Crippen molar-refractivity contribution < 1.29 is 8.42 Å². The Labute approximate surface area is 97.1 Å². The maximum Gasteiger partial charge on any atom is 0.242 e. The molecule has 16 heavy (non-hydrogen) atoms. The Balaban J connectivity index is 3.16. The van der Waals surface area contributed by atoms with Crippen molar-refractivity contribution in [1.82, 2.24) is 4.31 Å². The van der Waals surface area contributed by atoms with E-state index in [1.165, 1.54) is 4.31 Å². The summed E-state index contributed by atoms with van der Waals surface area (Å²) in [6.07, 6.45) is 0. The molecular formula is C11H18N2O2S. The van der Waals surface area contributed by atoms with Crippen LogP contribution in [0.2, 0.25) is 0 Å². The van der Waals surface area contributed by atoms with Gasteiger partial charge in [-0.15, -0.1) is 0 Å². The Morgan fingerprint density at radius 2 is 1.69 bits per heavy atom. The van der Waals surface area contributed by atoms with E-state index in [-0.39, 0.29) is 0 Å². The smallest absolute Gasteiger partial charge is 0.242 e. The third kappa shape index (κ3) is 2.81. The van der Waals surface area contributed by atoms with Gasteiger partial charge in [-0.05, 0) is 37.1 Å². The molecular weight excluding hydrogens is 224 g/mol. The summed E-state index contributed by atoms with van der Waals surface area (Å²) in [6, 6.07) is 5.30. The molecule has 0 bridgehead atoms. The molecule has 1 aromatic carbocycles. The summed E-state index contributed by atoms with van der Waals surface area (Å²) in [5.41, 5.74) is 7.25. The minimum absolute atomic E-state index is 0.320. The molecule has 0 aliphatic heterocycles. The number of benzene rings is 1. The molecule has 0 unspecified atom stereocenters. The maximum absolute atomic E-state index is 12.1. The molecule has 1 rings (SSSR count). The molecule has 0 fully saturated rings. The molecule has 0 aromatic heterocycles. The van der Waals surface area contributed by atoms with Crippen LogP contribution in [0.4, 0.5) is 0 Å². The molecule has 0 spiro atoms. The Kier molecular flexibility index (Phi) is 4.07. The van der Waals surface area contributed by atoms with Gasteiger partial charge >= 0.3 is 0 Å². The SMILES string of the molecule is Cc1cc(C)cc(S(=O)(=O)N(C)CCN)c1. The summed E-state index contributed by atoms with van der Waals surface area (Å²) >= 11 is 0. The first-order chi connectivity index (χ1) is 7.37. The van der Waals surface area contributed by atoms with Crippen molar-refractivity contribution in [3.63, 3.8) is 0 Å². The van der Waals surface area contributed by atoms with Gasteiger partial charge in [0.25, 0.3) is 0 Å². The zero-order chi connectivity index (χ0) is 12.3. The molecule has 2 N–H and O–H groups in total. The average Bonchev–Trinajstić information content (AvgIpc) is 2.16. The zero-order valence-electron chi connectivity index (χ0n) is 9.90. The third-order valence-electron chi connectivity index (χ3n) is 2.35. The van der Waals surface area contributed by atoms with Gasteiger partial charge in [0.1, 0.15) is 0 Å². The summed E-state index contributed by atoms with van der Waals surface area (Å²) in [5, 5.41) is 0. The van der Waals surface area contributed by atoms with Crippen molar-refractivity contribution in [3.8, 4) is 0 Å². The molecule has 0 saturated heterocycles. The van der Waals surface area contributed by atoms with Crippen LogP contribution in [0.3, 0.4) is 0 Å². The molecule has 5 heteroatoms. The predicted octanol–water partition coefficient (Wildman–Crippen LogP) is 0.883. The van der Waals surface area contributed by atoms with Gasteiger partial charge in [-0.2, -0.15) is 4.31 Å².